The molecular weight excluding hydrogens is 198 g/mol. The third-order valence-corrected chi connectivity index (χ3v) is 2.31. The Kier molecular flexibility index (Phi) is 2.45. The van der Waals surface area contributed by atoms with E-state index in [2.05, 4.69) is 5.32 Å². The summed E-state index contributed by atoms with van der Waals surface area (Å²) in [7, 11) is 0. The van der Waals surface area contributed by atoms with Crippen molar-refractivity contribution in [2.24, 2.45) is 5.92 Å². The Morgan fingerprint density at radius 3 is 2.73 bits per heavy atom. The average molecular weight is 209 g/mol. The van der Waals surface area contributed by atoms with Crippen LogP contribution < -0.4 is 5.32 Å². The topological polar surface area (TPSA) is 79.5 Å². The van der Waals surface area contributed by atoms with E-state index in [9.17, 15) is 9.59 Å². The minimum absolute atomic E-state index is 0.0122. The first-order valence-corrected chi connectivity index (χ1v) is 4.75. The van der Waals surface area contributed by atoms with Crippen LogP contribution in [0.2, 0.25) is 0 Å². The van der Waals surface area contributed by atoms with Crippen LogP contribution in [0.1, 0.15) is 24.6 Å². The van der Waals surface area contributed by atoms with Gasteiger partial charge in [-0.05, 0) is 25.0 Å². The van der Waals surface area contributed by atoms with Crippen LogP contribution in [0.3, 0.4) is 0 Å². The molecule has 1 saturated carbocycles. The van der Waals surface area contributed by atoms with Gasteiger partial charge in [0.2, 0.25) is 5.91 Å². The van der Waals surface area contributed by atoms with Crippen LogP contribution in [0.15, 0.2) is 22.8 Å². The number of hydrogen-bond acceptors (Lipinski definition) is 3. The van der Waals surface area contributed by atoms with Crippen molar-refractivity contribution >= 4 is 11.9 Å². The summed E-state index contributed by atoms with van der Waals surface area (Å²) in [6.45, 7) is 0. The normalized spacial score (nSPS) is 17.1. The fraction of sp³-hybridized carbons (Fsp3) is 0.400. The molecule has 0 bridgehead atoms. The Balaban J connectivity index is 2.06. The van der Waals surface area contributed by atoms with Crippen molar-refractivity contribution in [3.05, 3.63) is 24.2 Å². The van der Waals surface area contributed by atoms with Crippen LogP contribution in [-0.2, 0) is 9.59 Å². The Morgan fingerprint density at radius 1 is 1.53 bits per heavy atom. The van der Waals surface area contributed by atoms with E-state index in [0.717, 1.165) is 12.8 Å². The standard InChI is InChI=1S/C10H11NO4/c12-9(6-3-4-6)11-8(10(13)14)7-2-1-5-15-7/h1-2,5-6,8H,3-4H2,(H,11,12)(H,13,14). The molecule has 0 radical (unpaired) electrons. The highest BCUT2D eigenvalue weighted by atomic mass is 16.4. The first-order chi connectivity index (χ1) is 7.18. The van der Waals surface area contributed by atoms with Gasteiger partial charge < -0.3 is 14.8 Å². The second-order valence-corrected chi connectivity index (χ2v) is 3.57. The zero-order valence-corrected chi connectivity index (χ0v) is 7.97. The molecule has 1 fully saturated rings. The molecule has 0 saturated heterocycles. The first-order valence-electron chi connectivity index (χ1n) is 4.75. The number of furan rings is 1. The molecule has 80 valence electrons. The maximum atomic E-state index is 11.4. The largest absolute Gasteiger partial charge is 0.479 e. The van der Waals surface area contributed by atoms with Crippen LogP contribution in [0.4, 0.5) is 0 Å². The minimum Gasteiger partial charge on any atom is -0.479 e. The SMILES string of the molecule is O=C(NC(C(=O)O)c1ccco1)C1CC1. The van der Waals surface area contributed by atoms with Crippen molar-refractivity contribution in [1.29, 1.82) is 0 Å². The van der Waals surface area contributed by atoms with Crippen LogP contribution in [0, 0.1) is 5.92 Å². The van der Waals surface area contributed by atoms with Gasteiger partial charge >= 0.3 is 5.97 Å². The number of carbonyl (C=O) groups is 2. The highest BCUT2D eigenvalue weighted by Crippen LogP contribution is 2.29. The number of nitrogens with one attached hydrogen (secondary N) is 1. The number of hydrogen-bond donors (Lipinski definition) is 2. The van der Waals surface area contributed by atoms with Gasteiger partial charge in [-0.1, -0.05) is 0 Å². The number of amides is 1. The summed E-state index contributed by atoms with van der Waals surface area (Å²) in [6, 6.07) is 2.05. The molecule has 1 heterocycles. The lowest BCUT2D eigenvalue weighted by molar-refractivity contribution is -0.142. The monoisotopic (exact) mass is 209 g/mol. The van der Waals surface area contributed by atoms with Gasteiger partial charge in [0, 0.05) is 5.92 Å². The van der Waals surface area contributed by atoms with Crippen molar-refractivity contribution in [2.45, 2.75) is 18.9 Å². The van der Waals surface area contributed by atoms with Crippen LogP contribution in [0.25, 0.3) is 0 Å². The van der Waals surface area contributed by atoms with Crippen molar-refractivity contribution in [1.82, 2.24) is 5.32 Å². The molecule has 1 atom stereocenters. The highest BCUT2D eigenvalue weighted by Gasteiger charge is 2.33. The number of carbonyl (C=O) groups excluding carboxylic acids is 1. The van der Waals surface area contributed by atoms with Crippen molar-refractivity contribution in [2.75, 3.05) is 0 Å². The summed E-state index contributed by atoms with van der Waals surface area (Å²) in [5.74, 6) is -1.09. The fourth-order valence-electron chi connectivity index (χ4n) is 1.32. The molecule has 5 nitrogen and oxygen atoms in total. The van der Waals surface area contributed by atoms with E-state index in [-0.39, 0.29) is 17.6 Å². The van der Waals surface area contributed by atoms with Crippen LogP contribution in [0.5, 0.6) is 0 Å². The van der Waals surface area contributed by atoms with Crippen molar-refractivity contribution < 1.29 is 19.1 Å². The predicted molar refractivity (Wildman–Crippen MR) is 50.0 cm³/mol. The summed E-state index contributed by atoms with van der Waals surface area (Å²) < 4.78 is 4.96. The lowest BCUT2D eigenvalue weighted by Gasteiger charge is -2.11. The molecule has 1 aliphatic rings. The van der Waals surface area contributed by atoms with Gasteiger partial charge in [0.1, 0.15) is 5.76 Å². The second kappa shape index (κ2) is 3.76. The van der Waals surface area contributed by atoms with Gasteiger partial charge in [0.25, 0.3) is 0 Å². The molecule has 5 heteroatoms. The molecule has 15 heavy (non-hydrogen) atoms. The fourth-order valence-corrected chi connectivity index (χ4v) is 1.32. The predicted octanol–water partition coefficient (Wildman–Crippen LogP) is 0.931. The van der Waals surface area contributed by atoms with Gasteiger partial charge in [-0.2, -0.15) is 0 Å². The summed E-state index contributed by atoms with van der Waals surface area (Å²) in [4.78, 5) is 22.3. The van der Waals surface area contributed by atoms with E-state index in [4.69, 9.17) is 9.52 Å². The van der Waals surface area contributed by atoms with Gasteiger partial charge in [0.15, 0.2) is 6.04 Å². The van der Waals surface area contributed by atoms with Gasteiger partial charge in [-0.3, -0.25) is 4.79 Å². The number of carboxylic acids is 1. The van der Waals surface area contributed by atoms with Crippen LogP contribution >= 0.6 is 0 Å². The molecule has 0 aromatic carbocycles. The van der Waals surface area contributed by atoms with E-state index in [1.807, 2.05) is 0 Å². The maximum absolute atomic E-state index is 11.4. The Bertz CT molecular complexity index is 367. The Hall–Kier alpha value is -1.78. The zero-order valence-electron chi connectivity index (χ0n) is 7.97. The summed E-state index contributed by atoms with van der Waals surface area (Å²) in [6.07, 6.45) is 3.07. The van der Waals surface area contributed by atoms with Gasteiger partial charge in [0.05, 0.1) is 6.26 Å². The van der Waals surface area contributed by atoms with E-state index in [0.29, 0.717) is 0 Å². The molecule has 1 amide bonds. The van der Waals surface area contributed by atoms with E-state index in [1.54, 1.807) is 6.07 Å². The third kappa shape index (κ3) is 2.18. The number of rotatable bonds is 4. The Morgan fingerprint density at radius 2 is 2.27 bits per heavy atom. The molecular formula is C10H11NO4. The molecule has 1 aromatic rings. The molecule has 2 N–H and O–H groups in total. The molecule has 2 rings (SSSR count). The van der Waals surface area contributed by atoms with Gasteiger partial charge in [-0.15, -0.1) is 0 Å². The molecule has 0 aliphatic heterocycles. The summed E-state index contributed by atoms with van der Waals surface area (Å²) >= 11 is 0. The first kappa shape index (κ1) is 9.76. The summed E-state index contributed by atoms with van der Waals surface area (Å²) in [5.41, 5.74) is 0. The molecule has 0 spiro atoms. The second-order valence-electron chi connectivity index (χ2n) is 3.57. The minimum atomic E-state index is -1.11. The number of carboxylic acid groups (broad SMARTS) is 1. The Labute approximate surface area is 86.1 Å². The average Bonchev–Trinajstić information content (AvgIpc) is 2.91. The van der Waals surface area contributed by atoms with Crippen molar-refractivity contribution in [3.8, 4) is 0 Å². The third-order valence-electron chi connectivity index (χ3n) is 2.31. The van der Waals surface area contributed by atoms with E-state index in [1.165, 1.54) is 12.3 Å². The quantitative estimate of drug-likeness (QED) is 0.773. The molecule has 1 unspecified atom stereocenters. The lowest BCUT2D eigenvalue weighted by atomic mass is 10.2. The molecule has 1 aliphatic carbocycles. The molecule has 1 aromatic heterocycles. The zero-order chi connectivity index (χ0) is 10.8. The summed E-state index contributed by atoms with van der Waals surface area (Å²) in [5, 5.41) is 11.4. The highest BCUT2D eigenvalue weighted by molar-refractivity contribution is 5.86. The maximum Gasteiger partial charge on any atom is 0.334 e. The smallest absolute Gasteiger partial charge is 0.334 e. The number of aliphatic carboxylic acids is 1. The van der Waals surface area contributed by atoms with E-state index >= 15 is 0 Å². The lowest BCUT2D eigenvalue weighted by Crippen LogP contribution is -2.34. The van der Waals surface area contributed by atoms with Crippen LogP contribution in [-0.4, -0.2) is 17.0 Å². The van der Waals surface area contributed by atoms with Crippen molar-refractivity contribution in [3.63, 3.8) is 0 Å². The van der Waals surface area contributed by atoms with Gasteiger partial charge in [-0.25, -0.2) is 4.79 Å². The van der Waals surface area contributed by atoms with E-state index < -0.39 is 12.0 Å².